The van der Waals surface area contributed by atoms with E-state index in [-0.39, 0.29) is 24.3 Å². The first-order chi connectivity index (χ1) is 9.57. The molecule has 2 aliphatic rings. The Kier molecular flexibility index (Phi) is 3.81. The highest BCUT2D eigenvalue weighted by Crippen LogP contribution is 2.25. The molecule has 7 heteroatoms. The van der Waals surface area contributed by atoms with E-state index in [9.17, 15) is 13.5 Å². The summed E-state index contributed by atoms with van der Waals surface area (Å²) in [5.41, 5.74) is 0. The SMILES string of the molecule is O=S1(=O)CCCC(Cc2nc3n(n2)C(CO)CCC3)C1. The van der Waals surface area contributed by atoms with Crippen LogP contribution in [0.3, 0.4) is 0 Å². The van der Waals surface area contributed by atoms with Crippen LogP contribution in [0.1, 0.15) is 43.4 Å². The highest BCUT2D eigenvalue weighted by molar-refractivity contribution is 7.91. The van der Waals surface area contributed by atoms with Gasteiger partial charge in [-0.05, 0) is 31.6 Å². The second-order valence-electron chi connectivity index (χ2n) is 5.94. The fourth-order valence-electron chi connectivity index (χ4n) is 3.28. The molecular formula is C13H21N3O3S. The van der Waals surface area contributed by atoms with E-state index in [2.05, 4.69) is 10.1 Å². The highest BCUT2D eigenvalue weighted by Gasteiger charge is 2.28. The topological polar surface area (TPSA) is 85.1 Å². The van der Waals surface area contributed by atoms with Crippen molar-refractivity contribution >= 4 is 9.84 Å². The van der Waals surface area contributed by atoms with Gasteiger partial charge in [0.1, 0.15) is 5.82 Å². The Morgan fingerprint density at radius 3 is 2.90 bits per heavy atom. The summed E-state index contributed by atoms with van der Waals surface area (Å²) in [4.78, 5) is 4.54. The minimum Gasteiger partial charge on any atom is -0.394 e. The summed E-state index contributed by atoms with van der Waals surface area (Å²) in [5.74, 6) is 2.40. The van der Waals surface area contributed by atoms with Crippen LogP contribution >= 0.6 is 0 Å². The molecule has 0 radical (unpaired) electrons. The van der Waals surface area contributed by atoms with Crippen LogP contribution in [0.4, 0.5) is 0 Å². The molecule has 0 aliphatic carbocycles. The molecule has 1 aromatic heterocycles. The smallest absolute Gasteiger partial charge is 0.151 e. The van der Waals surface area contributed by atoms with E-state index in [1.165, 1.54) is 0 Å². The average molecular weight is 299 g/mol. The first kappa shape index (κ1) is 14.0. The summed E-state index contributed by atoms with van der Waals surface area (Å²) in [6, 6.07) is 0.0371. The summed E-state index contributed by atoms with van der Waals surface area (Å²) in [7, 11) is -2.87. The van der Waals surface area contributed by atoms with Crippen LogP contribution in [-0.2, 0) is 22.7 Å². The van der Waals surface area contributed by atoms with Gasteiger partial charge in [-0.2, -0.15) is 5.10 Å². The van der Waals surface area contributed by atoms with E-state index in [1.54, 1.807) is 0 Å². The lowest BCUT2D eigenvalue weighted by Crippen LogP contribution is -2.26. The van der Waals surface area contributed by atoms with Gasteiger partial charge in [-0.3, -0.25) is 0 Å². The second-order valence-corrected chi connectivity index (χ2v) is 8.17. The van der Waals surface area contributed by atoms with Crippen molar-refractivity contribution in [3.63, 3.8) is 0 Å². The standard InChI is InChI=1S/C13H21N3O3S/c17-8-11-4-1-5-13-14-12(15-16(11)13)7-10-3-2-6-20(18,19)9-10/h10-11,17H,1-9H2. The second kappa shape index (κ2) is 5.44. The minimum atomic E-state index is -2.87. The molecule has 1 aromatic rings. The number of aryl methyl sites for hydroxylation is 1. The zero-order valence-corrected chi connectivity index (χ0v) is 12.3. The molecule has 20 heavy (non-hydrogen) atoms. The fourth-order valence-corrected chi connectivity index (χ4v) is 5.05. The van der Waals surface area contributed by atoms with Gasteiger partial charge in [-0.1, -0.05) is 0 Å². The molecule has 2 aliphatic heterocycles. The molecule has 1 fully saturated rings. The molecule has 0 bridgehead atoms. The van der Waals surface area contributed by atoms with Crippen molar-refractivity contribution in [2.45, 2.75) is 44.6 Å². The van der Waals surface area contributed by atoms with Gasteiger partial charge < -0.3 is 5.11 Å². The largest absolute Gasteiger partial charge is 0.394 e. The van der Waals surface area contributed by atoms with Gasteiger partial charge in [0.05, 0.1) is 24.2 Å². The number of aromatic nitrogens is 3. The summed E-state index contributed by atoms with van der Waals surface area (Å²) in [6.07, 6.45) is 5.18. The Labute approximate surface area is 119 Å². The van der Waals surface area contributed by atoms with E-state index in [1.807, 2.05) is 4.68 Å². The summed E-state index contributed by atoms with van der Waals surface area (Å²) in [6.45, 7) is 0.0909. The van der Waals surface area contributed by atoms with Gasteiger partial charge in [-0.15, -0.1) is 0 Å². The van der Waals surface area contributed by atoms with Crippen LogP contribution in [0.25, 0.3) is 0 Å². The zero-order chi connectivity index (χ0) is 14.2. The molecule has 2 atom stereocenters. The zero-order valence-electron chi connectivity index (χ0n) is 11.5. The third-order valence-electron chi connectivity index (χ3n) is 4.27. The molecule has 3 rings (SSSR count). The van der Waals surface area contributed by atoms with Crippen molar-refractivity contribution in [2.75, 3.05) is 18.1 Å². The van der Waals surface area contributed by atoms with Gasteiger partial charge in [0.15, 0.2) is 15.7 Å². The summed E-state index contributed by atoms with van der Waals surface area (Å²) >= 11 is 0. The molecule has 1 N–H and O–H groups in total. The van der Waals surface area contributed by atoms with Crippen molar-refractivity contribution in [3.05, 3.63) is 11.6 Å². The summed E-state index contributed by atoms with van der Waals surface area (Å²) in [5, 5.41) is 13.9. The van der Waals surface area contributed by atoms with Crippen molar-refractivity contribution in [2.24, 2.45) is 5.92 Å². The Hall–Kier alpha value is -0.950. The van der Waals surface area contributed by atoms with Gasteiger partial charge in [-0.25, -0.2) is 18.1 Å². The van der Waals surface area contributed by atoms with E-state index >= 15 is 0 Å². The Balaban J connectivity index is 1.74. The molecule has 0 spiro atoms. The third kappa shape index (κ3) is 2.88. The summed E-state index contributed by atoms with van der Waals surface area (Å²) < 4.78 is 25.2. The number of nitrogens with zero attached hydrogens (tertiary/aromatic N) is 3. The van der Waals surface area contributed by atoms with Crippen molar-refractivity contribution in [1.29, 1.82) is 0 Å². The fraction of sp³-hybridized carbons (Fsp3) is 0.846. The lowest BCUT2D eigenvalue weighted by atomic mass is 10.0. The first-order valence-corrected chi connectivity index (χ1v) is 9.15. The van der Waals surface area contributed by atoms with E-state index in [4.69, 9.17) is 0 Å². The van der Waals surface area contributed by atoms with Gasteiger partial charge in [0, 0.05) is 12.8 Å². The molecule has 112 valence electrons. The van der Waals surface area contributed by atoms with Crippen molar-refractivity contribution in [1.82, 2.24) is 14.8 Å². The third-order valence-corrected chi connectivity index (χ3v) is 6.16. The molecule has 1 saturated heterocycles. The van der Waals surface area contributed by atoms with Crippen LogP contribution in [-0.4, -0.2) is 46.4 Å². The number of hydrogen-bond donors (Lipinski definition) is 1. The van der Waals surface area contributed by atoms with Crippen LogP contribution < -0.4 is 0 Å². The lowest BCUT2D eigenvalue weighted by molar-refractivity contribution is 0.194. The molecule has 0 amide bonds. The number of sulfone groups is 1. The quantitative estimate of drug-likeness (QED) is 0.879. The normalized spacial score (nSPS) is 29.1. The molecule has 2 unspecified atom stereocenters. The molecular weight excluding hydrogens is 278 g/mol. The van der Waals surface area contributed by atoms with E-state index in [0.717, 1.165) is 43.8 Å². The first-order valence-electron chi connectivity index (χ1n) is 7.33. The molecule has 0 saturated carbocycles. The predicted octanol–water partition coefficient (Wildman–Crippen LogP) is 0.515. The number of rotatable bonds is 3. The monoisotopic (exact) mass is 299 g/mol. The Bertz CT molecular complexity index is 582. The maximum absolute atomic E-state index is 11.7. The Morgan fingerprint density at radius 1 is 1.30 bits per heavy atom. The molecule has 6 nitrogen and oxygen atoms in total. The predicted molar refractivity (Wildman–Crippen MR) is 74.2 cm³/mol. The number of fused-ring (bicyclic) bond motifs is 1. The van der Waals surface area contributed by atoms with Crippen LogP contribution in [0.2, 0.25) is 0 Å². The maximum Gasteiger partial charge on any atom is 0.151 e. The van der Waals surface area contributed by atoms with Crippen molar-refractivity contribution < 1.29 is 13.5 Å². The maximum atomic E-state index is 11.7. The number of hydrogen-bond acceptors (Lipinski definition) is 5. The average Bonchev–Trinajstić information content (AvgIpc) is 2.79. The van der Waals surface area contributed by atoms with E-state index < -0.39 is 9.84 Å². The van der Waals surface area contributed by atoms with E-state index in [0.29, 0.717) is 12.2 Å². The van der Waals surface area contributed by atoms with Gasteiger partial charge in [0.25, 0.3) is 0 Å². The molecule has 0 aromatic carbocycles. The van der Waals surface area contributed by atoms with Crippen molar-refractivity contribution in [3.8, 4) is 0 Å². The number of aliphatic hydroxyl groups excluding tert-OH is 1. The highest BCUT2D eigenvalue weighted by atomic mass is 32.2. The Morgan fingerprint density at radius 2 is 2.15 bits per heavy atom. The van der Waals surface area contributed by atoms with Gasteiger partial charge in [0.2, 0.25) is 0 Å². The van der Waals surface area contributed by atoms with Crippen LogP contribution in [0.5, 0.6) is 0 Å². The van der Waals surface area contributed by atoms with Crippen LogP contribution in [0, 0.1) is 5.92 Å². The van der Waals surface area contributed by atoms with Crippen LogP contribution in [0.15, 0.2) is 0 Å². The van der Waals surface area contributed by atoms with Gasteiger partial charge >= 0.3 is 0 Å². The minimum absolute atomic E-state index is 0.0371. The molecule has 3 heterocycles. The number of aliphatic hydroxyl groups is 1. The lowest BCUT2D eigenvalue weighted by Gasteiger charge is -2.21.